The highest BCUT2D eigenvalue weighted by molar-refractivity contribution is 4.64. The SMILES string of the molecule is CCC(C(OC)OC)C(OC)OC. The standard InChI is InChI=1S/C9H20O4/c1-6-7(8(10-2)11-3)9(12-4)13-5/h7-9H,6H2,1-5H3. The first-order valence-electron chi connectivity index (χ1n) is 4.36. The summed E-state index contributed by atoms with van der Waals surface area (Å²) in [4.78, 5) is 0. The van der Waals surface area contributed by atoms with Gasteiger partial charge in [0.2, 0.25) is 0 Å². The maximum atomic E-state index is 5.15. The van der Waals surface area contributed by atoms with Gasteiger partial charge < -0.3 is 18.9 Å². The number of hydrogen-bond acceptors (Lipinski definition) is 4. The van der Waals surface area contributed by atoms with E-state index in [-0.39, 0.29) is 18.5 Å². The minimum absolute atomic E-state index is 0.0880. The molecule has 0 amide bonds. The second-order valence-corrected chi connectivity index (χ2v) is 2.75. The van der Waals surface area contributed by atoms with Crippen LogP contribution in [0.5, 0.6) is 0 Å². The van der Waals surface area contributed by atoms with E-state index in [0.29, 0.717) is 0 Å². The number of rotatable bonds is 7. The highest BCUT2D eigenvalue weighted by Crippen LogP contribution is 2.19. The molecule has 0 spiro atoms. The Morgan fingerprint density at radius 1 is 0.769 bits per heavy atom. The van der Waals surface area contributed by atoms with Crippen molar-refractivity contribution in [1.29, 1.82) is 0 Å². The van der Waals surface area contributed by atoms with E-state index in [1.807, 2.05) is 6.92 Å². The van der Waals surface area contributed by atoms with Gasteiger partial charge in [0.25, 0.3) is 0 Å². The number of methoxy groups -OCH3 is 4. The molecule has 0 fully saturated rings. The second kappa shape index (κ2) is 7.26. The van der Waals surface area contributed by atoms with Gasteiger partial charge in [0.1, 0.15) is 0 Å². The summed E-state index contributed by atoms with van der Waals surface area (Å²) < 4.78 is 20.6. The molecule has 0 rings (SSSR count). The zero-order chi connectivity index (χ0) is 10.3. The summed E-state index contributed by atoms with van der Waals surface area (Å²) in [6.07, 6.45) is 0.309. The molecule has 0 aromatic heterocycles. The van der Waals surface area contributed by atoms with Crippen LogP contribution in [0.4, 0.5) is 0 Å². The molecule has 4 heteroatoms. The molecule has 0 aliphatic rings. The van der Waals surface area contributed by atoms with Gasteiger partial charge in [0.05, 0.1) is 5.92 Å². The Kier molecular flexibility index (Phi) is 7.17. The monoisotopic (exact) mass is 192 g/mol. The van der Waals surface area contributed by atoms with E-state index in [1.54, 1.807) is 28.4 Å². The summed E-state index contributed by atoms with van der Waals surface area (Å²) in [5, 5.41) is 0. The summed E-state index contributed by atoms with van der Waals surface area (Å²) in [6.45, 7) is 2.04. The van der Waals surface area contributed by atoms with E-state index in [0.717, 1.165) is 6.42 Å². The van der Waals surface area contributed by atoms with Gasteiger partial charge in [-0.05, 0) is 6.42 Å². The lowest BCUT2D eigenvalue weighted by atomic mass is 10.1. The van der Waals surface area contributed by atoms with Crippen molar-refractivity contribution in [2.75, 3.05) is 28.4 Å². The minimum atomic E-state index is -0.283. The summed E-state index contributed by atoms with van der Waals surface area (Å²) in [7, 11) is 6.44. The highest BCUT2D eigenvalue weighted by Gasteiger charge is 2.28. The normalized spacial score (nSPS) is 12.0. The van der Waals surface area contributed by atoms with Crippen molar-refractivity contribution in [3.63, 3.8) is 0 Å². The van der Waals surface area contributed by atoms with Gasteiger partial charge in [0, 0.05) is 28.4 Å². The molecule has 0 N–H and O–H groups in total. The first kappa shape index (κ1) is 12.8. The summed E-state index contributed by atoms with van der Waals surface area (Å²) in [6, 6.07) is 0. The molecule has 0 heterocycles. The Labute approximate surface area is 80.1 Å². The molecular weight excluding hydrogens is 172 g/mol. The third-order valence-corrected chi connectivity index (χ3v) is 2.10. The van der Waals surface area contributed by atoms with E-state index < -0.39 is 0 Å². The summed E-state index contributed by atoms with van der Waals surface area (Å²) in [5.41, 5.74) is 0. The molecular formula is C9H20O4. The first-order chi connectivity index (χ1) is 6.24. The maximum Gasteiger partial charge on any atom is 0.164 e. The van der Waals surface area contributed by atoms with Crippen molar-refractivity contribution in [2.45, 2.75) is 25.9 Å². The van der Waals surface area contributed by atoms with E-state index in [9.17, 15) is 0 Å². The van der Waals surface area contributed by atoms with Crippen molar-refractivity contribution in [3.05, 3.63) is 0 Å². The molecule has 0 unspecified atom stereocenters. The van der Waals surface area contributed by atoms with Crippen LogP contribution in [0, 0.1) is 5.92 Å². The number of ether oxygens (including phenoxy) is 4. The van der Waals surface area contributed by atoms with Crippen LogP contribution in [0.25, 0.3) is 0 Å². The molecule has 0 atom stereocenters. The van der Waals surface area contributed by atoms with Crippen molar-refractivity contribution < 1.29 is 18.9 Å². The second-order valence-electron chi connectivity index (χ2n) is 2.75. The van der Waals surface area contributed by atoms with Gasteiger partial charge in [-0.3, -0.25) is 0 Å². The Morgan fingerprint density at radius 3 is 1.23 bits per heavy atom. The largest absolute Gasteiger partial charge is 0.355 e. The predicted octanol–water partition coefficient (Wildman–Crippen LogP) is 1.25. The van der Waals surface area contributed by atoms with Crippen molar-refractivity contribution in [1.82, 2.24) is 0 Å². The fourth-order valence-electron chi connectivity index (χ4n) is 1.40. The smallest absolute Gasteiger partial charge is 0.164 e. The van der Waals surface area contributed by atoms with E-state index in [1.165, 1.54) is 0 Å². The fraction of sp³-hybridized carbons (Fsp3) is 1.00. The van der Waals surface area contributed by atoms with Crippen molar-refractivity contribution >= 4 is 0 Å². The molecule has 0 aromatic rings. The minimum Gasteiger partial charge on any atom is -0.355 e. The lowest BCUT2D eigenvalue weighted by Gasteiger charge is -2.29. The first-order valence-corrected chi connectivity index (χ1v) is 4.36. The van der Waals surface area contributed by atoms with Gasteiger partial charge >= 0.3 is 0 Å². The number of hydrogen-bond donors (Lipinski definition) is 0. The van der Waals surface area contributed by atoms with Gasteiger partial charge in [-0.2, -0.15) is 0 Å². The Bertz CT molecular complexity index is 98.2. The van der Waals surface area contributed by atoms with E-state index in [2.05, 4.69) is 0 Å². The van der Waals surface area contributed by atoms with Crippen molar-refractivity contribution in [2.24, 2.45) is 5.92 Å². The quantitative estimate of drug-likeness (QED) is 0.569. The van der Waals surface area contributed by atoms with Crippen LogP contribution in [0.15, 0.2) is 0 Å². The zero-order valence-corrected chi connectivity index (χ0v) is 9.07. The molecule has 0 saturated carbocycles. The molecule has 0 aromatic carbocycles. The lowest BCUT2D eigenvalue weighted by Crippen LogP contribution is -2.36. The molecule has 0 bridgehead atoms. The maximum absolute atomic E-state index is 5.15. The molecule has 13 heavy (non-hydrogen) atoms. The van der Waals surface area contributed by atoms with Crippen LogP contribution in [0.1, 0.15) is 13.3 Å². The van der Waals surface area contributed by atoms with Gasteiger partial charge in [0.15, 0.2) is 12.6 Å². The van der Waals surface area contributed by atoms with E-state index in [4.69, 9.17) is 18.9 Å². The predicted molar refractivity (Wildman–Crippen MR) is 49.4 cm³/mol. The van der Waals surface area contributed by atoms with Gasteiger partial charge in [-0.1, -0.05) is 6.92 Å². The van der Waals surface area contributed by atoms with Crippen LogP contribution in [-0.2, 0) is 18.9 Å². The van der Waals surface area contributed by atoms with Gasteiger partial charge in [-0.15, -0.1) is 0 Å². The topological polar surface area (TPSA) is 36.9 Å². The molecule has 80 valence electrons. The van der Waals surface area contributed by atoms with Crippen LogP contribution >= 0.6 is 0 Å². The molecule has 0 radical (unpaired) electrons. The molecule has 0 saturated heterocycles. The Balaban J connectivity index is 4.26. The average molecular weight is 192 g/mol. The van der Waals surface area contributed by atoms with Gasteiger partial charge in [-0.25, -0.2) is 0 Å². The molecule has 0 aliphatic carbocycles. The Morgan fingerprint density at radius 2 is 1.08 bits per heavy atom. The fourth-order valence-corrected chi connectivity index (χ4v) is 1.40. The molecule has 4 nitrogen and oxygen atoms in total. The average Bonchev–Trinajstić information content (AvgIpc) is 2.18. The van der Waals surface area contributed by atoms with Crippen molar-refractivity contribution in [3.8, 4) is 0 Å². The summed E-state index contributed by atoms with van der Waals surface area (Å²) in [5.74, 6) is 0.0880. The Hall–Kier alpha value is -0.160. The van der Waals surface area contributed by atoms with Crippen LogP contribution in [0.3, 0.4) is 0 Å². The van der Waals surface area contributed by atoms with Crippen LogP contribution in [0.2, 0.25) is 0 Å². The van der Waals surface area contributed by atoms with Crippen LogP contribution < -0.4 is 0 Å². The summed E-state index contributed by atoms with van der Waals surface area (Å²) >= 11 is 0. The lowest BCUT2D eigenvalue weighted by molar-refractivity contribution is -0.222. The molecule has 0 aliphatic heterocycles. The van der Waals surface area contributed by atoms with E-state index >= 15 is 0 Å². The van der Waals surface area contributed by atoms with Crippen LogP contribution in [-0.4, -0.2) is 41.0 Å². The zero-order valence-electron chi connectivity index (χ0n) is 9.07. The third kappa shape index (κ3) is 3.60. The highest BCUT2D eigenvalue weighted by atomic mass is 16.7. The third-order valence-electron chi connectivity index (χ3n) is 2.10.